The first-order valence-electron chi connectivity index (χ1n) is 6.10. The zero-order valence-electron chi connectivity index (χ0n) is 10.9. The quantitative estimate of drug-likeness (QED) is 0.900. The van der Waals surface area contributed by atoms with Gasteiger partial charge in [-0.3, -0.25) is 0 Å². The van der Waals surface area contributed by atoms with Gasteiger partial charge >= 0.3 is 0 Å². The summed E-state index contributed by atoms with van der Waals surface area (Å²) in [5, 5.41) is 7.67. The van der Waals surface area contributed by atoms with Crippen molar-refractivity contribution < 1.29 is 4.39 Å². The molecule has 2 aromatic rings. The van der Waals surface area contributed by atoms with Gasteiger partial charge in [-0.15, -0.1) is 0 Å². The van der Waals surface area contributed by atoms with Gasteiger partial charge in [-0.05, 0) is 25.1 Å². The van der Waals surface area contributed by atoms with Crippen molar-refractivity contribution in [1.29, 1.82) is 0 Å². The summed E-state index contributed by atoms with van der Waals surface area (Å²) in [6.45, 7) is 6.98. The van der Waals surface area contributed by atoms with Gasteiger partial charge in [0.1, 0.15) is 5.82 Å². The highest BCUT2D eigenvalue weighted by Crippen LogP contribution is 2.15. The van der Waals surface area contributed by atoms with Gasteiger partial charge in [0.2, 0.25) is 0 Å². The van der Waals surface area contributed by atoms with E-state index in [4.69, 9.17) is 0 Å². The third-order valence-electron chi connectivity index (χ3n) is 2.86. The van der Waals surface area contributed by atoms with E-state index in [1.807, 2.05) is 19.2 Å². The summed E-state index contributed by atoms with van der Waals surface area (Å²) in [5.41, 5.74) is 2.92. The molecule has 18 heavy (non-hydrogen) atoms. The Morgan fingerprint density at radius 1 is 1.39 bits per heavy atom. The Bertz CT molecular complexity index is 532. The molecule has 0 aliphatic heterocycles. The molecule has 2 rings (SSSR count). The Labute approximate surface area is 107 Å². The van der Waals surface area contributed by atoms with E-state index in [-0.39, 0.29) is 5.82 Å². The van der Waals surface area contributed by atoms with Crippen LogP contribution in [0.3, 0.4) is 0 Å². The summed E-state index contributed by atoms with van der Waals surface area (Å²) in [6, 6.07) is 6.89. The molecule has 0 atom stereocenters. The normalized spacial score (nSPS) is 11.2. The molecule has 1 heterocycles. The highest BCUT2D eigenvalue weighted by atomic mass is 19.1. The van der Waals surface area contributed by atoms with E-state index in [2.05, 4.69) is 24.3 Å². The van der Waals surface area contributed by atoms with Crippen LogP contribution in [0.25, 0.3) is 5.69 Å². The van der Waals surface area contributed by atoms with Crippen molar-refractivity contribution in [2.45, 2.75) is 33.4 Å². The van der Waals surface area contributed by atoms with Crippen molar-refractivity contribution >= 4 is 0 Å². The number of halogens is 1. The average molecular weight is 247 g/mol. The lowest BCUT2D eigenvalue weighted by Crippen LogP contribution is -2.22. The number of nitrogens with zero attached hydrogens (tertiary/aromatic N) is 2. The molecule has 0 saturated carbocycles. The van der Waals surface area contributed by atoms with Crippen molar-refractivity contribution in [2.75, 3.05) is 0 Å². The van der Waals surface area contributed by atoms with Gasteiger partial charge in [-0.25, -0.2) is 9.07 Å². The Morgan fingerprint density at radius 2 is 2.17 bits per heavy atom. The Kier molecular flexibility index (Phi) is 3.77. The zero-order valence-corrected chi connectivity index (χ0v) is 10.9. The lowest BCUT2D eigenvalue weighted by atomic mass is 10.2. The van der Waals surface area contributed by atoms with Crippen LogP contribution in [0, 0.1) is 12.7 Å². The fourth-order valence-corrected chi connectivity index (χ4v) is 1.80. The number of hydrogen-bond donors (Lipinski definition) is 1. The van der Waals surface area contributed by atoms with E-state index in [0.717, 1.165) is 23.5 Å². The summed E-state index contributed by atoms with van der Waals surface area (Å²) < 4.78 is 15.0. The SMILES string of the molecule is Cc1c(CNC(C)C)cnn1-c1cccc(F)c1. The van der Waals surface area contributed by atoms with Gasteiger partial charge in [0.15, 0.2) is 0 Å². The number of rotatable bonds is 4. The van der Waals surface area contributed by atoms with E-state index in [9.17, 15) is 4.39 Å². The van der Waals surface area contributed by atoms with Crippen molar-refractivity contribution in [3.05, 3.63) is 47.5 Å². The number of hydrogen-bond acceptors (Lipinski definition) is 2. The van der Waals surface area contributed by atoms with Crippen molar-refractivity contribution in [3.63, 3.8) is 0 Å². The van der Waals surface area contributed by atoms with Crippen LogP contribution in [0.5, 0.6) is 0 Å². The van der Waals surface area contributed by atoms with Crippen LogP contribution >= 0.6 is 0 Å². The fraction of sp³-hybridized carbons (Fsp3) is 0.357. The van der Waals surface area contributed by atoms with Gasteiger partial charge in [-0.2, -0.15) is 5.10 Å². The van der Waals surface area contributed by atoms with Gasteiger partial charge in [0, 0.05) is 23.8 Å². The molecule has 96 valence electrons. The summed E-state index contributed by atoms with van der Waals surface area (Å²) in [6.07, 6.45) is 1.83. The van der Waals surface area contributed by atoms with Crippen LogP contribution in [0.4, 0.5) is 4.39 Å². The minimum atomic E-state index is -0.246. The van der Waals surface area contributed by atoms with Crippen molar-refractivity contribution in [1.82, 2.24) is 15.1 Å². The number of benzene rings is 1. The molecule has 0 aliphatic carbocycles. The Morgan fingerprint density at radius 3 is 2.83 bits per heavy atom. The molecular formula is C14H18FN3. The molecule has 0 bridgehead atoms. The van der Waals surface area contributed by atoms with Gasteiger partial charge in [-0.1, -0.05) is 19.9 Å². The molecule has 0 fully saturated rings. The number of aromatic nitrogens is 2. The van der Waals surface area contributed by atoms with Gasteiger partial charge in [0.25, 0.3) is 0 Å². The first-order chi connectivity index (χ1) is 8.58. The van der Waals surface area contributed by atoms with E-state index in [1.165, 1.54) is 12.1 Å². The van der Waals surface area contributed by atoms with Crippen LogP contribution in [0.2, 0.25) is 0 Å². The highest BCUT2D eigenvalue weighted by molar-refractivity contribution is 5.35. The molecule has 0 unspecified atom stereocenters. The molecule has 1 aromatic carbocycles. The minimum Gasteiger partial charge on any atom is -0.310 e. The van der Waals surface area contributed by atoms with Gasteiger partial charge in [0.05, 0.1) is 11.9 Å². The zero-order chi connectivity index (χ0) is 13.1. The minimum absolute atomic E-state index is 0.246. The summed E-state index contributed by atoms with van der Waals surface area (Å²) >= 11 is 0. The molecule has 1 aromatic heterocycles. The van der Waals surface area contributed by atoms with Crippen molar-refractivity contribution in [2.24, 2.45) is 0 Å². The largest absolute Gasteiger partial charge is 0.310 e. The highest BCUT2D eigenvalue weighted by Gasteiger charge is 2.08. The second-order valence-corrected chi connectivity index (χ2v) is 4.68. The van der Waals surface area contributed by atoms with Crippen molar-refractivity contribution in [3.8, 4) is 5.69 Å². The lowest BCUT2D eigenvalue weighted by molar-refractivity contribution is 0.587. The predicted molar refractivity (Wildman–Crippen MR) is 70.2 cm³/mol. The lowest BCUT2D eigenvalue weighted by Gasteiger charge is -2.08. The Balaban J connectivity index is 2.25. The molecular weight excluding hydrogens is 229 g/mol. The maximum Gasteiger partial charge on any atom is 0.125 e. The second-order valence-electron chi connectivity index (χ2n) is 4.68. The summed E-state index contributed by atoms with van der Waals surface area (Å²) in [5.74, 6) is -0.246. The fourth-order valence-electron chi connectivity index (χ4n) is 1.80. The third-order valence-corrected chi connectivity index (χ3v) is 2.86. The topological polar surface area (TPSA) is 29.9 Å². The standard InChI is InChI=1S/C14H18FN3/c1-10(2)16-8-12-9-17-18(11(12)3)14-6-4-5-13(15)7-14/h4-7,9-10,16H,8H2,1-3H3. The molecule has 3 nitrogen and oxygen atoms in total. The van der Waals surface area contributed by atoms with E-state index in [1.54, 1.807) is 10.7 Å². The Hall–Kier alpha value is -1.68. The molecule has 0 radical (unpaired) electrons. The molecule has 0 aliphatic rings. The first kappa shape index (κ1) is 12.8. The molecule has 1 N–H and O–H groups in total. The van der Waals surface area contributed by atoms with E-state index < -0.39 is 0 Å². The van der Waals surface area contributed by atoms with E-state index in [0.29, 0.717) is 6.04 Å². The van der Waals surface area contributed by atoms with Crippen LogP contribution in [0.1, 0.15) is 25.1 Å². The third kappa shape index (κ3) is 2.76. The summed E-state index contributed by atoms with van der Waals surface area (Å²) in [7, 11) is 0. The second kappa shape index (κ2) is 5.31. The first-order valence-corrected chi connectivity index (χ1v) is 6.10. The molecule has 0 spiro atoms. The van der Waals surface area contributed by atoms with Crippen LogP contribution < -0.4 is 5.32 Å². The van der Waals surface area contributed by atoms with E-state index >= 15 is 0 Å². The monoisotopic (exact) mass is 247 g/mol. The molecule has 0 saturated heterocycles. The predicted octanol–water partition coefficient (Wildman–Crippen LogP) is 2.82. The maximum atomic E-state index is 13.2. The average Bonchev–Trinajstić information content (AvgIpc) is 2.68. The van der Waals surface area contributed by atoms with Gasteiger partial charge < -0.3 is 5.32 Å². The smallest absolute Gasteiger partial charge is 0.125 e. The van der Waals surface area contributed by atoms with Crippen LogP contribution in [-0.2, 0) is 6.54 Å². The summed E-state index contributed by atoms with van der Waals surface area (Å²) in [4.78, 5) is 0. The maximum absolute atomic E-state index is 13.2. The molecule has 4 heteroatoms. The van der Waals surface area contributed by atoms with Crippen LogP contribution in [-0.4, -0.2) is 15.8 Å². The molecule has 0 amide bonds. The number of nitrogens with one attached hydrogen (secondary N) is 1. The van der Waals surface area contributed by atoms with Crippen LogP contribution in [0.15, 0.2) is 30.5 Å².